The van der Waals surface area contributed by atoms with E-state index in [0.717, 1.165) is 10.5 Å². The van der Waals surface area contributed by atoms with Crippen molar-refractivity contribution in [3.05, 3.63) is 34.9 Å². The lowest BCUT2D eigenvalue weighted by Gasteiger charge is -2.17. The van der Waals surface area contributed by atoms with Gasteiger partial charge >= 0.3 is 5.97 Å². The monoisotopic (exact) mass is 261 g/mol. The third kappa shape index (κ3) is 2.50. The number of carboxylic acids is 1. The third-order valence-electron chi connectivity index (χ3n) is 3.14. The first-order valence-corrected chi connectivity index (χ1v) is 6.08. The molecule has 2 amide bonds. The van der Waals surface area contributed by atoms with E-state index < -0.39 is 5.97 Å². The molecule has 19 heavy (non-hydrogen) atoms. The summed E-state index contributed by atoms with van der Waals surface area (Å²) in [5.74, 6) is -1.86. The van der Waals surface area contributed by atoms with Gasteiger partial charge in [-0.05, 0) is 25.0 Å². The highest BCUT2D eigenvalue weighted by Crippen LogP contribution is 2.25. The van der Waals surface area contributed by atoms with Gasteiger partial charge in [0.2, 0.25) is 0 Å². The average Bonchev–Trinajstić information content (AvgIpc) is 2.53. The summed E-state index contributed by atoms with van der Waals surface area (Å²) in [5.41, 5.74) is 1.73. The van der Waals surface area contributed by atoms with Crippen molar-refractivity contribution in [1.29, 1.82) is 0 Å². The molecule has 2 rings (SSSR count). The second-order valence-electron chi connectivity index (χ2n) is 4.97. The quantitative estimate of drug-likeness (QED) is 0.837. The first kappa shape index (κ1) is 13.3. The minimum absolute atomic E-state index is 0.0631. The minimum Gasteiger partial charge on any atom is -0.481 e. The molecule has 5 heteroatoms. The van der Waals surface area contributed by atoms with Crippen LogP contribution in [0.3, 0.4) is 0 Å². The van der Waals surface area contributed by atoms with Crippen molar-refractivity contribution in [3.63, 3.8) is 0 Å². The summed E-state index contributed by atoms with van der Waals surface area (Å²) in [6.45, 7) is 3.70. The fraction of sp³-hybridized carbons (Fsp3) is 0.357. The molecule has 1 aliphatic rings. The first-order chi connectivity index (χ1) is 8.90. The maximum atomic E-state index is 12.1. The molecule has 0 aliphatic carbocycles. The molecular weight excluding hydrogens is 246 g/mol. The van der Waals surface area contributed by atoms with E-state index >= 15 is 0 Å². The van der Waals surface area contributed by atoms with Crippen molar-refractivity contribution >= 4 is 17.8 Å². The molecule has 1 N–H and O–H groups in total. The molecule has 0 bridgehead atoms. The van der Waals surface area contributed by atoms with E-state index in [1.165, 1.54) is 0 Å². The lowest BCUT2D eigenvalue weighted by Crippen LogP contribution is -2.34. The molecule has 0 saturated carbocycles. The highest BCUT2D eigenvalue weighted by molar-refractivity contribution is 6.21. The molecule has 0 aromatic heterocycles. The van der Waals surface area contributed by atoms with Crippen molar-refractivity contribution in [2.75, 3.05) is 6.54 Å². The molecule has 0 saturated heterocycles. The zero-order valence-electron chi connectivity index (χ0n) is 10.8. The van der Waals surface area contributed by atoms with Crippen LogP contribution in [0.2, 0.25) is 0 Å². The first-order valence-electron chi connectivity index (χ1n) is 6.08. The largest absolute Gasteiger partial charge is 0.481 e. The summed E-state index contributed by atoms with van der Waals surface area (Å²) >= 11 is 0. The highest BCUT2D eigenvalue weighted by atomic mass is 16.4. The number of benzene rings is 1. The van der Waals surface area contributed by atoms with E-state index in [1.807, 2.05) is 6.92 Å². The van der Waals surface area contributed by atoms with E-state index in [4.69, 9.17) is 5.11 Å². The molecule has 100 valence electrons. The summed E-state index contributed by atoms with van der Waals surface area (Å²) in [6, 6.07) is 5.12. The molecule has 1 heterocycles. The van der Waals surface area contributed by atoms with E-state index in [0.29, 0.717) is 11.1 Å². The molecule has 5 nitrogen and oxygen atoms in total. The standard InChI is InChI=1S/C14H15NO4/c1-8-3-4-10-11(5-8)14(19)15(13(10)18)7-9(2)6-12(16)17/h3-5,9H,6-7H2,1-2H3,(H,16,17). The normalized spacial score (nSPS) is 15.6. The number of rotatable bonds is 4. The van der Waals surface area contributed by atoms with Crippen LogP contribution in [0.4, 0.5) is 0 Å². The Bertz CT molecular complexity index is 565. The molecule has 1 aromatic carbocycles. The van der Waals surface area contributed by atoms with Gasteiger partial charge in [0.25, 0.3) is 11.8 Å². The fourth-order valence-corrected chi connectivity index (χ4v) is 2.24. The lowest BCUT2D eigenvalue weighted by molar-refractivity contribution is -0.138. The number of fused-ring (bicyclic) bond motifs is 1. The zero-order valence-corrected chi connectivity index (χ0v) is 10.8. The molecule has 1 atom stereocenters. The maximum Gasteiger partial charge on any atom is 0.303 e. The number of hydrogen-bond acceptors (Lipinski definition) is 3. The van der Waals surface area contributed by atoms with Gasteiger partial charge < -0.3 is 5.11 Å². The predicted molar refractivity (Wildman–Crippen MR) is 68.0 cm³/mol. The van der Waals surface area contributed by atoms with E-state index in [2.05, 4.69) is 0 Å². The van der Waals surface area contributed by atoms with Crippen LogP contribution in [-0.2, 0) is 4.79 Å². The van der Waals surface area contributed by atoms with E-state index in [-0.39, 0.29) is 30.7 Å². The molecule has 1 aliphatic heterocycles. The number of imide groups is 1. The number of nitrogens with zero attached hydrogens (tertiary/aromatic N) is 1. The minimum atomic E-state index is -0.931. The summed E-state index contributed by atoms with van der Waals surface area (Å²) in [5, 5.41) is 8.71. The molecule has 1 unspecified atom stereocenters. The van der Waals surface area contributed by atoms with Gasteiger partial charge in [0, 0.05) is 13.0 Å². The van der Waals surface area contributed by atoms with Crippen LogP contribution in [0.25, 0.3) is 0 Å². The smallest absolute Gasteiger partial charge is 0.303 e. The summed E-state index contributed by atoms with van der Waals surface area (Å²) in [7, 11) is 0. The number of carbonyl (C=O) groups is 3. The van der Waals surface area contributed by atoms with Crippen molar-refractivity contribution in [2.45, 2.75) is 20.3 Å². The topological polar surface area (TPSA) is 74.7 Å². The number of carboxylic acid groups (broad SMARTS) is 1. The van der Waals surface area contributed by atoms with E-state index in [9.17, 15) is 14.4 Å². The average molecular weight is 261 g/mol. The van der Waals surface area contributed by atoms with Crippen LogP contribution in [0.5, 0.6) is 0 Å². The van der Waals surface area contributed by atoms with Crippen LogP contribution in [0.1, 0.15) is 39.6 Å². The molecule has 0 fully saturated rings. The number of hydrogen-bond donors (Lipinski definition) is 1. The SMILES string of the molecule is Cc1ccc2c(c1)C(=O)N(CC(C)CC(=O)O)C2=O. The predicted octanol–water partition coefficient (Wildman–Crippen LogP) is 1.70. The van der Waals surface area contributed by atoms with Gasteiger partial charge in [0.1, 0.15) is 0 Å². The molecular formula is C14H15NO4. The Morgan fingerprint density at radius 1 is 1.26 bits per heavy atom. The van der Waals surface area contributed by atoms with Crippen molar-refractivity contribution in [3.8, 4) is 0 Å². The Labute approximate surface area is 110 Å². The van der Waals surface area contributed by atoms with Crippen molar-refractivity contribution in [1.82, 2.24) is 4.90 Å². The summed E-state index contributed by atoms with van der Waals surface area (Å²) < 4.78 is 0. The van der Waals surface area contributed by atoms with Gasteiger partial charge in [-0.3, -0.25) is 19.3 Å². The van der Waals surface area contributed by atoms with Crippen LogP contribution >= 0.6 is 0 Å². The number of aliphatic carboxylic acids is 1. The fourth-order valence-electron chi connectivity index (χ4n) is 2.24. The zero-order chi connectivity index (χ0) is 14.2. The Balaban J connectivity index is 2.20. The number of carbonyl (C=O) groups excluding carboxylic acids is 2. The van der Waals surface area contributed by atoms with Gasteiger partial charge in [-0.2, -0.15) is 0 Å². The Hall–Kier alpha value is -2.17. The maximum absolute atomic E-state index is 12.1. The van der Waals surface area contributed by atoms with Crippen LogP contribution in [0.15, 0.2) is 18.2 Å². The van der Waals surface area contributed by atoms with Crippen LogP contribution < -0.4 is 0 Å². The van der Waals surface area contributed by atoms with Crippen molar-refractivity contribution in [2.24, 2.45) is 5.92 Å². The second kappa shape index (κ2) is 4.84. The lowest BCUT2D eigenvalue weighted by atomic mass is 10.1. The van der Waals surface area contributed by atoms with Gasteiger partial charge in [0.05, 0.1) is 11.1 Å². The Kier molecular flexibility index (Phi) is 3.38. The molecule has 0 spiro atoms. The van der Waals surface area contributed by atoms with Gasteiger partial charge in [0.15, 0.2) is 0 Å². The second-order valence-corrected chi connectivity index (χ2v) is 4.97. The van der Waals surface area contributed by atoms with Gasteiger partial charge in [-0.25, -0.2) is 0 Å². The summed E-state index contributed by atoms with van der Waals surface area (Å²) in [4.78, 5) is 36.0. The number of aryl methyl sites for hydroxylation is 1. The Morgan fingerprint density at radius 2 is 1.89 bits per heavy atom. The van der Waals surface area contributed by atoms with E-state index in [1.54, 1.807) is 25.1 Å². The van der Waals surface area contributed by atoms with Crippen LogP contribution in [-0.4, -0.2) is 34.3 Å². The third-order valence-corrected chi connectivity index (χ3v) is 3.14. The van der Waals surface area contributed by atoms with Gasteiger partial charge in [-0.1, -0.05) is 18.6 Å². The number of amides is 2. The molecule has 1 aromatic rings. The Morgan fingerprint density at radius 3 is 2.53 bits per heavy atom. The van der Waals surface area contributed by atoms with Crippen LogP contribution in [0, 0.1) is 12.8 Å². The summed E-state index contributed by atoms with van der Waals surface area (Å²) in [6.07, 6.45) is -0.0631. The van der Waals surface area contributed by atoms with Crippen molar-refractivity contribution < 1.29 is 19.5 Å². The van der Waals surface area contributed by atoms with Gasteiger partial charge in [-0.15, -0.1) is 0 Å². The molecule has 0 radical (unpaired) electrons. The highest BCUT2D eigenvalue weighted by Gasteiger charge is 2.36.